The Hall–Kier alpha value is -0.520. The highest BCUT2D eigenvalue weighted by molar-refractivity contribution is 4.90. The van der Waals surface area contributed by atoms with Crippen molar-refractivity contribution >= 4 is 0 Å². The summed E-state index contributed by atoms with van der Waals surface area (Å²) in [6.07, 6.45) is 9.51. The van der Waals surface area contributed by atoms with E-state index in [9.17, 15) is 0 Å². The van der Waals surface area contributed by atoms with Crippen LogP contribution in [-0.2, 0) is 0 Å². The molecular formula is C10H16. The summed E-state index contributed by atoms with van der Waals surface area (Å²) in [5.74, 6) is 1.52. The molecule has 0 aromatic heterocycles. The van der Waals surface area contributed by atoms with Gasteiger partial charge in [-0.15, -0.1) is 13.2 Å². The van der Waals surface area contributed by atoms with Crippen molar-refractivity contribution in [2.75, 3.05) is 0 Å². The molecule has 1 aliphatic carbocycles. The molecule has 0 spiro atoms. The van der Waals surface area contributed by atoms with Gasteiger partial charge in [-0.05, 0) is 31.1 Å². The number of hydrogen-bond donors (Lipinski definition) is 0. The van der Waals surface area contributed by atoms with Crippen LogP contribution in [0.3, 0.4) is 0 Å². The zero-order chi connectivity index (χ0) is 7.40. The average Bonchev–Trinajstić information content (AvgIpc) is 2.05. The summed E-state index contributed by atoms with van der Waals surface area (Å²) >= 11 is 0. The van der Waals surface area contributed by atoms with E-state index in [1.165, 1.54) is 25.7 Å². The summed E-state index contributed by atoms with van der Waals surface area (Å²) < 4.78 is 0. The number of allylic oxidation sites excluding steroid dienone is 2. The molecule has 0 bridgehead atoms. The Balaban J connectivity index is 2.38. The standard InChI is InChI=1S/C10H16/c1-3-9-6-5-7-10(4-2)8-9/h3-4,9-10H,1-2,5-8H2/t9-,10-/m1/s1. The van der Waals surface area contributed by atoms with E-state index >= 15 is 0 Å². The molecule has 0 aliphatic heterocycles. The highest BCUT2D eigenvalue weighted by Gasteiger charge is 2.16. The molecule has 0 N–H and O–H groups in total. The van der Waals surface area contributed by atoms with Gasteiger partial charge < -0.3 is 0 Å². The Morgan fingerprint density at radius 1 is 1.00 bits per heavy atom. The van der Waals surface area contributed by atoms with Crippen molar-refractivity contribution < 1.29 is 0 Å². The van der Waals surface area contributed by atoms with E-state index in [4.69, 9.17) is 0 Å². The summed E-state index contributed by atoms with van der Waals surface area (Å²) in [4.78, 5) is 0. The average molecular weight is 136 g/mol. The van der Waals surface area contributed by atoms with Gasteiger partial charge >= 0.3 is 0 Å². The minimum absolute atomic E-state index is 0.761. The Labute approximate surface area is 63.6 Å². The van der Waals surface area contributed by atoms with Gasteiger partial charge in [-0.2, -0.15) is 0 Å². The Morgan fingerprint density at radius 2 is 1.50 bits per heavy atom. The second kappa shape index (κ2) is 3.60. The van der Waals surface area contributed by atoms with Crippen molar-refractivity contribution in [3.05, 3.63) is 25.3 Å². The van der Waals surface area contributed by atoms with Crippen LogP contribution in [0.5, 0.6) is 0 Å². The van der Waals surface area contributed by atoms with Gasteiger partial charge in [0, 0.05) is 0 Å². The summed E-state index contributed by atoms with van der Waals surface area (Å²) in [7, 11) is 0. The first-order chi connectivity index (χ1) is 4.86. The van der Waals surface area contributed by atoms with E-state index in [2.05, 4.69) is 25.3 Å². The van der Waals surface area contributed by atoms with E-state index in [0.29, 0.717) is 0 Å². The Morgan fingerprint density at radius 3 is 1.90 bits per heavy atom. The molecular weight excluding hydrogens is 120 g/mol. The molecule has 1 fully saturated rings. The predicted molar refractivity (Wildman–Crippen MR) is 45.8 cm³/mol. The molecule has 0 radical (unpaired) electrons. The van der Waals surface area contributed by atoms with E-state index in [-0.39, 0.29) is 0 Å². The first kappa shape index (κ1) is 7.59. The molecule has 0 aromatic carbocycles. The summed E-state index contributed by atoms with van der Waals surface area (Å²) in [6.45, 7) is 7.64. The smallest absolute Gasteiger partial charge is 0.0231 e. The largest absolute Gasteiger partial charge is 0.103 e. The minimum Gasteiger partial charge on any atom is -0.103 e. The number of rotatable bonds is 2. The third-order valence-corrected chi connectivity index (χ3v) is 2.42. The first-order valence-electron chi connectivity index (χ1n) is 4.12. The molecule has 56 valence electrons. The lowest BCUT2D eigenvalue weighted by molar-refractivity contribution is 0.353. The second-order valence-corrected chi connectivity index (χ2v) is 3.16. The van der Waals surface area contributed by atoms with Crippen LogP contribution < -0.4 is 0 Å². The highest BCUT2D eigenvalue weighted by Crippen LogP contribution is 2.29. The first-order valence-corrected chi connectivity index (χ1v) is 4.12. The van der Waals surface area contributed by atoms with Crippen LogP contribution in [0.15, 0.2) is 25.3 Å². The van der Waals surface area contributed by atoms with Crippen LogP contribution in [0.1, 0.15) is 25.7 Å². The van der Waals surface area contributed by atoms with Crippen LogP contribution in [-0.4, -0.2) is 0 Å². The van der Waals surface area contributed by atoms with Gasteiger partial charge in [0.1, 0.15) is 0 Å². The maximum atomic E-state index is 3.82. The Kier molecular flexibility index (Phi) is 2.73. The van der Waals surface area contributed by atoms with Gasteiger partial charge in [-0.25, -0.2) is 0 Å². The van der Waals surface area contributed by atoms with Gasteiger partial charge in [-0.1, -0.05) is 18.6 Å². The van der Waals surface area contributed by atoms with Crippen LogP contribution in [0, 0.1) is 11.8 Å². The third-order valence-electron chi connectivity index (χ3n) is 2.42. The van der Waals surface area contributed by atoms with Crippen molar-refractivity contribution in [2.45, 2.75) is 25.7 Å². The van der Waals surface area contributed by atoms with Gasteiger partial charge in [0.2, 0.25) is 0 Å². The molecule has 0 aromatic rings. The summed E-state index contributed by atoms with van der Waals surface area (Å²) in [5, 5.41) is 0. The van der Waals surface area contributed by atoms with Gasteiger partial charge in [-0.3, -0.25) is 0 Å². The second-order valence-electron chi connectivity index (χ2n) is 3.16. The molecule has 2 atom stereocenters. The maximum absolute atomic E-state index is 3.82. The molecule has 1 saturated carbocycles. The molecule has 1 aliphatic rings. The van der Waals surface area contributed by atoms with Crippen LogP contribution in [0.25, 0.3) is 0 Å². The zero-order valence-corrected chi connectivity index (χ0v) is 6.55. The van der Waals surface area contributed by atoms with E-state index < -0.39 is 0 Å². The van der Waals surface area contributed by atoms with Crippen molar-refractivity contribution in [1.29, 1.82) is 0 Å². The molecule has 0 unspecified atom stereocenters. The normalized spacial score (nSPS) is 33.2. The van der Waals surface area contributed by atoms with Crippen molar-refractivity contribution in [2.24, 2.45) is 11.8 Å². The lowest BCUT2D eigenvalue weighted by Crippen LogP contribution is -2.11. The fourth-order valence-corrected chi connectivity index (χ4v) is 1.69. The van der Waals surface area contributed by atoms with Gasteiger partial charge in [0.15, 0.2) is 0 Å². The van der Waals surface area contributed by atoms with Gasteiger partial charge in [0.25, 0.3) is 0 Å². The van der Waals surface area contributed by atoms with E-state index in [1.54, 1.807) is 0 Å². The molecule has 0 heterocycles. The molecule has 0 saturated heterocycles. The van der Waals surface area contributed by atoms with Gasteiger partial charge in [0.05, 0.1) is 0 Å². The van der Waals surface area contributed by atoms with Crippen LogP contribution >= 0.6 is 0 Å². The third kappa shape index (κ3) is 1.73. The fourth-order valence-electron chi connectivity index (χ4n) is 1.69. The van der Waals surface area contributed by atoms with Crippen molar-refractivity contribution in [1.82, 2.24) is 0 Å². The summed E-state index contributed by atoms with van der Waals surface area (Å²) in [5.41, 5.74) is 0. The molecule has 0 amide bonds. The minimum atomic E-state index is 0.761. The zero-order valence-electron chi connectivity index (χ0n) is 6.55. The monoisotopic (exact) mass is 136 g/mol. The molecule has 1 rings (SSSR count). The van der Waals surface area contributed by atoms with E-state index in [0.717, 1.165) is 11.8 Å². The SMILES string of the molecule is C=C[C@@H]1CCC[C@@H](C=C)C1. The predicted octanol–water partition coefficient (Wildman–Crippen LogP) is 3.16. The fraction of sp³-hybridized carbons (Fsp3) is 0.600. The topological polar surface area (TPSA) is 0 Å². The highest BCUT2D eigenvalue weighted by atomic mass is 14.2. The lowest BCUT2D eigenvalue weighted by Gasteiger charge is -2.24. The van der Waals surface area contributed by atoms with Crippen molar-refractivity contribution in [3.63, 3.8) is 0 Å². The van der Waals surface area contributed by atoms with Crippen molar-refractivity contribution in [3.8, 4) is 0 Å². The molecule has 0 nitrogen and oxygen atoms in total. The molecule has 0 heteroatoms. The van der Waals surface area contributed by atoms with E-state index in [1.807, 2.05) is 0 Å². The Bertz CT molecular complexity index is 110. The summed E-state index contributed by atoms with van der Waals surface area (Å²) in [6, 6.07) is 0. The van der Waals surface area contributed by atoms with Crippen LogP contribution in [0.4, 0.5) is 0 Å². The maximum Gasteiger partial charge on any atom is -0.0231 e. The number of hydrogen-bond acceptors (Lipinski definition) is 0. The quantitative estimate of drug-likeness (QED) is 0.511. The van der Waals surface area contributed by atoms with Crippen LogP contribution in [0.2, 0.25) is 0 Å². The lowest BCUT2D eigenvalue weighted by atomic mass is 9.82. The molecule has 10 heavy (non-hydrogen) atoms.